The molecule has 0 spiro atoms. The topological polar surface area (TPSA) is 45.9 Å². The van der Waals surface area contributed by atoms with E-state index in [1.54, 1.807) is 37.3 Å². The van der Waals surface area contributed by atoms with Crippen molar-refractivity contribution >= 4 is 5.91 Å². The van der Waals surface area contributed by atoms with Gasteiger partial charge in [0.1, 0.15) is 17.3 Å². The molecule has 0 radical (unpaired) electrons. The number of aryl methyl sites for hydroxylation is 1. The number of ether oxygens (including phenoxy) is 1. The van der Waals surface area contributed by atoms with Crippen LogP contribution in [0.25, 0.3) is 0 Å². The second-order valence-electron chi connectivity index (χ2n) is 9.13. The molecule has 3 aromatic rings. The third-order valence-corrected chi connectivity index (χ3v) is 7.04. The molecular formula is C28H33FN2O3. The van der Waals surface area contributed by atoms with Crippen molar-refractivity contribution in [2.75, 3.05) is 27.2 Å². The summed E-state index contributed by atoms with van der Waals surface area (Å²) in [7, 11) is 3.51. The average Bonchev–Trinajstić information content (AvgIpc) is 3.29. The Morgan fingerprint density at radius 3 is 2.47 bits per heavy atom. The first kappa shape index (κ1) is 24.0. The summed E-state index contributed by atoms with van der Waals surface area (Å²) >= 11 is 0. The Kier molecular flexibility index (Phi) is 7.68. The maximum Gasteiger partial charge on any atom is 0.257 e. The van der Waals surface area contributed by atoms with Gasteiger partial charge in [-0.2, -0.15) is 0 Å². The van der Waals surface area contributed by atoms with Gasteiger partial charge in [0.2, 0.25) is 0 Å². The van der Waals surface area contributed by atoms with Gasteiger partial charge in [-0.3, -0.25) is 9.69 Å². The van der Waals surface area contributed by atoms with E-state index < -0.39 is 0 Å². The lowest BCUT2D eigenvalue weighted by atomic mass is 9.84. The van der Waals surface area contributed by atoms with E-state index in [0.29, 0.717) is 23.3 Å². The van der Waals surface area contributed by atoms with Crippen molar-refractivity contribution in [2.24, 2.45) is 5.92 Å². The minimum Gasteiger partial charge on any atom is -0.497 e. The molecule has 1 aliphatic rings. The predicted molar refractivity (Wildman–Crippen MR) is 130 cm³/mol. The molecule has 6 heteroatoms. The van der Waals surface area contributed by atoms with Gasteiger partial charge in [-0.05, 0) is 80.6 Å². The zero-order valence-electron chi connectivity index (χ0n) is 20.2. The van der Waals surface area contributed by atoms with Crippen molar-refractivity contribution in [2.45, 2.75) is 38.8 Å². The average molecular weight is 465 g/mol. The van der Waals surface area contributed by atoms with Crippen molar-refractivity contribution in [3.63, 3.8) is 0 Å². The molecule has 1 saturated heterocycles. The van der Waals surface area contributed by atoms with E-state index in [1.807, 2.05) is 31.3 Å². The number of hydrogen-bond donors (Lipinski definition) is 0. The van der Waals surface area contributed by atoms with Crippen LogP contribution in [-0.2, 0) is 13.0 Å². The summed E-state index contributed by atoms with van der Waals surface area (Å²) in [5.41, 5.74) is 2.47. The number of nitrogens with zero attached hydrogens (tertiary/aromatic N) is 2. The molecule has 1 atom stereocenters. The molecule has 0 aliphatic carbocycles. The maximum atomic E-state index is 14.5. The highest BCUT2D eigenvalue weighted by molar-refractivity contribution is 5.95. The molecule has 0 saturated carbocycles. The standard InChI is InChI=1S/C28H33FN2O3/c1-20-25(14-17-34-20)28(32)30(2)27(18-23-6-4-5-7-26(23)29)22-12-15-31(16-13-22)19-21-8-10-24(33-3)11-9-21/h4-11,14,17,22,27H,12-13,15-16,18-19H2,1-3H3/t27-/m1/s1. The van der Waals surface area contributed by atoms with Gasteiger partial charge >= 0.3 is 0 Å². The zero-order chi connectivity index (χ0) is 24.1. The number of benzene rings is 2. The van der Waals surface area contributed by atoms with Crippen LogP contribution in [0.5, 0.6) is 5.75 Å². The maximum absolute atomic E-state index is 14.5. The van der Waals surface area contributed by atoms with Crippen LogP contribution in [0.4, 0.5) is 4.39 Å². The Morgan fingerprint density at radius 2 is 1.85 bits per heavy atom. The first-order valence-electron chi connectivity index (χ1n) is 11.9. The van der Waals surface area contributed by atoms with Gasteiger partial charge in [0.25, 0.3) is 5.91 Å². The molecule has 1 aromatic heterocycles. The van der Waals surface area contributed by atoms with Crippen LogP contribution in [0.1, 0.15) is 40.1 Å². The van der Waals surface area contributed by atoms with Crippen LogP contribution < -0.4 is 4.74 Å². The van der Waals surface area contributed by atoms with E-state index in [0.717, 1.165) is 38.2 Å². The molecule has 0 N–H and O–H groups in total. The molecule has 34 heavy (non-hydrogen) atoms. The molecule has 1 aliphatic heterocycles. The zero-order valence-corrected chi connectivity index (χ0v) is 20.2. The van der Waals surface area contributed by atoms with Crippen molar-refractivity contribution < 1.29 is 18.3 Å². The van der Waals surface area contributed by atoms with Crippen LogP contribution in [0.15, 0.2) is 65.3 Å². The summed E-state index contributed by atoms with van der Waals surface area (Å²) in [4.78, 5) is 17.5. The SMILES string of the molecule is COc1ccc(CN2CCC([C@@H](Cc3ccccc3F)N(C)C(=O)c3ccoc3C)CC2)cc1. The lowest BCUT2D eigenvalue weighted by molar-refractivity contribution is 0.0581. The number of halogens is 1. The molecule has 2 heterocycles. The minimum atomic E-state index is -0.218. The van der Waals surface area contributed by atoms with E-state index >= 15 is 0 Å². The highest BCUT2D eigenvalue weighted by Gasteiger charge is 2.33. The Morgan fingerprint density at radius 1 is 1.15 bits per heavy atom. The van der Waals surface area contributed by atoms with E-state index in [2.05, 4.69) is 17.0 Å². The van der Waals surface area contributed by atoms with Crippen LogP contribution in [0.3, 0.4) is 0 Å². The predicted octanol–water partition coefficient (Wildman–Crippen LogP) is 5.33. The summed E-state index contributed by atoms with van der Waals surface area (Å²) < 4.78 is 25.2. The van der Waals surface area contributed by atoms with Crippen LogP contribution >= 0.6 is 0 Å². The van der Waals surface area contributed by atoms with Gasteiger partial charge in [-0.25, -0.2) is 4.39 Å². The van der Waals surface area contributed by atoms with E-state index in [1.165, 1.54) is 11.6 Å². The lowest BCUT2D eigenvalue weighted by Gasteiger charge is -2.40. The largest absolute Gasteiger partial charge is 0.497 e. The van der Waals surface area contributed by atoms with E-state index in [-0.39, 0.29) is 23.7 Å². The molecule has 2 aromatic carbocycles. The second kappa shape index (κ2) is 10.9. The fourth-order valence-corrected chi connectivity index (χ4v) is 4.94. The molecule has 0 bridgehead atoms. The summed E-state index contributed by atoms with van der Waals surface area (Å²) in [5.74, 6) is 1.46. The molecule has 180 valence electrons. The number of hydrogen-bond acceptors (Lipinski definition) is 4. The fourth-order valence-electron chi connectivity index (χ4n) is 4.94. The Bertz CT molecular complexity index is 1090. The number of rotatable bonds is 8. The summed E-state index contributed by atoms with van der Waals surface area (Å²) in [6.45, 7) is 4.57. The third-order valence-electron chi connectivity index (χ3n) is 7.04. The second-order valence-corrected chi connectivity index (χ2v) is 9.13. The quantitative estimate of drug-likeness (QED) is 0.452. The molecule has 1 amide bonds. The van der Waals surface area contributed by atoms with Gasteiger partial charge < -0.3 is 14.1 Å². The van der Waals surface area contributed by atoms with Crippen molar-refractivity contribution in [1.29, 1.82) is 0 Å². The molecule has 0 unspecified atom stereocenters. The number of piperidine rings is 1. The highest BCUT2D eigenvalue weighted by Crippen LogP contribution is 2.29. The summed E-state index contributed by atoms with van der Waals surface area (Å²) in [6.07, 6.45) is 3.95. The number of methoxy groups -OCH3 is 1. The number of likely N-dealkylation sites (tertiary alicyclic amines) is 1. The normalized spacial score (nSPS) is 15.8. The smallest absolute Gasteiger partial charge is 0.257 e. The summed E-state index contributed by atoms with van der Waals surface area (Å²) in [6, 6.07) is 16.7. The van der Waals surface area contributed by atoms with Gasteiger partial charge in [0.15, 0.2) is 0 Å². The van der Waals surface area contributed by atoms with Gasteiger partial charge in [-0.1, -0.05) is 30.3 Å². The Labute approximate surface area is 201 Å². The monoisotopic (exact) mass is 464 g/mol. The molecule has 5 nitrogen and oxygen atoms in total. The summed E-state index contributed by atoms with van der Waals surface area (Å²) in [5, 5.41) is 0. The first-order chi connectivity index (χ1) is 16.5. The molecule has 4 rings (SSSR count). The van der Waals surface area contributed by atoms with Crippen molar-refractivity contribution in [3.05, 3.63) is 89.1 Å². The number of furan rings is 1. The number of carbonyl (C=O) groups is 1. The van der Waals surface area contributed by atoms with Crippen LogP contribution in [0, 0.1) is 18.7 Å². The van der Waals surface area contributed by atoms with Gasteiger partial charge in [0, 0.05) is 19.6 Å². The fraction of sp³-hybridized carbons (Fsp3) is 0.393. The minimum absolute atomic E-state index is 0.0757. The highest BCUT2D eigenvalue weighted by atomic mass is 19.1. The number of amides is 1. The number of likely N-dealkylation sites (N-methyl/N-ethyl adjacent to an activating group) is 1. The molecule has 1 fully saturated rings. The van der Waals surface area contributed by atoms with Crippen molar-refractivity contribution in [3.8, 4) is 5.75 Å². The molecular weight excluding hydrogens is 431 g/mol. The first-order valence-corrected chi connectivity index (χ1v) is 11.9. The van der Waals surface area contributed by atoms with E-state index in [9.17, 15) is 9.18 Å². The van der Waals surface area contributed by atoms with Gasteiger partial charge in [-0.15, -0.1) is 0 Å². The number of carbonyl (C=O) groups excluding carboxylic acids is 1. The van der Waals surface area contributed by atoms with E-state index in [4.69, 9.17) is 9.15 Å². The Hall–Kier alpha value is -3.12. The Balaban J connectivity index is 1.47. The van der Waals surface area contributed by atoms with Crippen LogP contribution in [0.2, 0.25) is 0 Å². The van der Waals surface area contributed by atoms with Gasteiger partial charge in [0.05, 0.1) is 18.9 Å². The lowest BCUT2D eigenvalue weighted by Crippen LogP contribution is -2.47. The van der Waals surface area contributed by atoms with Crippen molar-refractivity contribution in [1.82, 2.24) is 9.80 Å². The van der Waals surface area contributed by atoms with Crippen LogP contribution in [-0.4, -0.2) is 49.0 Å². The third kappa shape index (κ3) is 5.50.